The fourth-order valence-electron chi connectivity index (χ4n) is 4.00. The highest BCUT2D eigenvalue weighted by Gasteiger charge is 2.58. The molecule has 0 radical (unpaired) electrons. The van der Waals surface area contributed by atoms with Gasteiger partial charge in [0.2, 0.25) is 5.91 Å². The molecule has 3 N–H and O–H groups in total. The normalized spacial score (nSPS) is 24.9. The van der Waals surface area contributed by atoms with Gasteiger partial charge in [-0.3, -0.25) is 19.3 Å². The number of carbonyl (C=O) groups excluding carboxylic acids is 3. The first-order valence-electron chi connectivity index (χ1n) is 10.5. The lowest BCUT2D eigenvalue weighted by molar-refractivity contribution is -0.171. The standard InChI is InChI=1S/C22H32N4O5/c1-14-12-15(6-7-16(14)26-10-11-30-13-17(26)27)24-19(28)22(8-9-25(5)18(22)23)20(29)31-21(2,3)4/h6-7,12,18H,8-11,13,23H2,1-5H3,(H,24,28). The third-order valence-electron chi connectivity index (χ3n) is 5.74. The van der Waals surface area contributed by atoms with Crippen molar-refractivity contribution in [3.63, 3.8) is 0 Å². The minimum absolute atomic E-state index is 0.0573. The topological polar surface area (TPSA) is 114 Å². The number of hydrogen-bond donors (Lipinski definition) is 2. The van der Waals surface area contributed by atoms with Gasteiger partial charge in [0.1, 0.15) is 12.2 Å². The average molecular weight is 433 g/mol. The Morgan fingerprint density at radius 1 is 1.29 bits per heavy atom. The zero-order chi connectivity index (χ0) is 23.0. The number of nitrogens with one attached hydrogen (secondary N) is 1. The molecule has 2 atom stereocenters. The predicted molar refractivity (Wildman–Crippen MR) is 116 cm³/mol. The van der Waals surface area contributed by atoms with Gasteiger partial charge >= 0.3 is 5.97 Å². The van der Waals surface area contributed by atoms with Gasteiger partial charge in [-0.2, -0.15) is 0 Å². The van der Waals surface area contributed by atoms with E-state index in [4.69, 9.17) is 15.2 Å². The Labute approximate surface area is 182 Å². The van der Waals surface area contributed by atoms with Gasteiger partial charge in [-0.25, -0.2) is 0 Å². The van der Waals surface area contributed by atoms with Crippen molar-refractivity contribution in [3.8, 4) is 0 Å². The van der Waals surface area contributed by atoms with E-state index >= 15 is 0 Å². The third-order valence-corrected chi connectivity index (χ3v) is 5.74. The van der Waals surface area contributed by atoms with Gasteiger partial charge in [0.15, 0.2) is 5.41 Å². The van der Waals surface area contributed by atoms with Crippen LogP contribution >= 0.6 is 0 Å². The van der Waals surface area contributed by atoms with Crippen molar-refractivity contribution in [2.45, 2.75) is 45.9 Å². The van der Waals surface area contributed by atoms with Gasteiger partial charge in [-0.05, 0) is 64.9 Å². The van der Waals surface area contributed by atoms with Crippen LogP contribution in [0.5, 0.6) is 0 Å². The number of anilines is 2. The number of hydrogen-bond acceptors (Lipinski definition) is 7. The number of amides is 2. The predicted octanol–water partition coefficient (Wildman–Crippen LogP) is 1.25. The maximum Gasteiger partial charge on any atom is 0.325 e. The van der Waals surface area contributed by atoms with Crippen molar-refractivity contribution in [2.75, 3.05) is 43.6 Å². The highest BCUT2D eigenvalue weighted by Crippen LogP contribution is 2.38. The van der Waals surface area contributed by atoms with Crippen LogP contribution in [0.25, 0.3) is 0 Å². The molecule has 2 aliphatic heterocycles. The largest absolute Gasteiger partial charge is 0.459 e. The number of likely N-dealkylation sites (tertiary alicyclic amines) is 1. The van der Waals surface area contributed by atoms with Crippen molar-refractivity contribution in [1.82, 2.24) is 4.90 Å². The van der Waals surface area contributed by atoms with Gasteiger partial charge in [0, 0.05) is 24.5 Å². The lowest BCUT2D eigenvalue weighted by Gasteiger charge is -2.34. The third kappa shape index (κ3) is 4.58. The summed E-state index contributed by atoms with van der Waals surface area (Å²) in [7, 11) is 1.78. The molecule has 2 unspecified atom stereocenters. The van der Waals surface area contributed by atoms with Crippen LogP contribution in [0.15, 0.2) is 18.2 Å². The number of rotatable bonds is 4. The lowest BCUT2D eigenvalue weighted by Crippen LogP contribution is -2.57. The fraction of sp³-hybridized carbons (Fsp3) is 0.591. The first kappa shape index (κ1) is 23.2. The Hall–Kier alpha value is -2.49. The average Bonchev–Trinajstić information content (AvgIpc) is 2.97. The van der Waals surface area contributed by atoms with E-state index in [0.717, 1.165) is 11.3 Å². The van der Waals surface area contributed by atoms with Crippen LogP contribution in [0.3, 0.4) is 0 Å². The Bertz CT molecular complexity index is 881. The summed E-state index contributed by atoms with van der Waals surface area (Å²) in [4.78, 5) is 42.1. The molecule has 2 fully saturated rings. The molecule has 2 heterocycles. The van der Waals surface area contributed by atoms with Crippen LogP contribution in [0.1, 0.15) is 32.8 Å². The van der Waals surface area contributed by atoms with Crippen LogP contribution in [0, 0.1) is 12.3 Å². The molecule has 3 rings (SSSR count). The molecule has 0 aliphatic carbocycles. The summed E-state index contributed by atoms with van der Waals surface area (Å²) in [5.41, 5.74) is 6.18. The summed E-state index contributed by atoms with van der Waals surface area (Å²) in [6.07, 6.45) is -0.529. The summed E-state index contributed by atoms with van der Waals surface area (Å²) in [5.74, 6) is -1.22. The molecule has 31 heavy (non-hydrogen) atoms. The van der Waals surface area contributed by atoms with Crippen molar-refractivity contribution in [1.29, 1.82) is 0 Å². The Balaban J connectivity index is 1.84. The molecular formula is C22H32N4O5. The summed E-state index contributed by atoms with van der Waals surface area (Å²) in [6, 6.07) is 5.29. The summed E-state index contributed by atoms with van der Waals surface area (Å²) >= 11 is 0. The van der Waals surface area contributed by atoms with E-state index in [1.165, 1.54) is 0 Å². The van der Waals surface area contributed by atoms with Crippen LogP contribution < -0.4 is 16.0 Å². The molecule has 9 heteroatoms. The van der Waals surface area contributed by atoms with E-state index in [9.17, 15) is 14.4 Å². The van der Waals surface area contributed by atoms with Gasteiger partial charge in [0.25, 0.3) is 5.91 Å². The molecule has 1 aromatic carbocycles. The van der Waals surface area contributed by atoms with Gasteiger partial charge in [-0.15, -0.1) is 0 Å². The van der Waals surface area contributed by atoms with Crippen molar-refractivity contribution in [2.24, 2.45) is 11.1 Å². The van der Waals surface area contributed by atoms with Crippen LogP contribution in [0.2, 0.25) is 0 Å². The highest BCUT2D eigenvalue weighted by molar-refractivity contribution is 6.10. The second-order valence-electron chi connectivity index (χ2n) is 9.20. The van der Waals surface area contributed by atoms with Gasteiger partial charge < -0.3 is 25.4 Å². The molecule has 9 nitrogen and oxygen atoms in total. The van der Waals surface area contributed by atoms with E-state index in [2.05, 4.69) is 5.32 Å². The minimum Gasteiger partial charge on any atom is -0.459 e. The van der Waals surface area contributed by atoms with Gasteiger partial charge in [-0.1, -0.05) is 0 Å². The van der Waals surface area contributed by atoms with Crippen LogP contribution in [0.4, 0.5) is 11.4 Å². The van der Waals surface area contributed by atoms with Crippen molar-refractivity contribution < 1.29 is 23.9 Å². The quantitative estimate of drug-likeness (QED) is 0.544. The number of esters is 1. The Morgan fingerprint density at radius 3 is 2.55 bits per heavy atom. The zero-order valence-electron chi connectivity index (χ0n) is 18.9. The lowest BCUT2D eigenvalue weighted by atomic mass is 9.82. The highest BCUT2D eigenvalue weighted by atomic mass is 16.6. The molecule has 0 bridgehead atoms. The fourth-order valence-corrected chi connectivity index (χ4v) is 4.00. The maximum absolute atomic E-state index is 13.4. The Kier molecular flexibility index (Phi) is 6.40. The van der Waals surface area contributed by atoms with Crippen molar-refractivity contribution >= 4 is 29.2 Å². The molecule has 1 aromatic rings. The number of carbonyl (C=O) groups is 3. The van der Waals surface area contributed by atoms with Crippen LogP contribution in [-0.4, -0.2) is 67.8 Å². The number of ether oxygens (including phenoxy) is 2. The number of benzene rings is 1. The molecule has 0 aromatic heterocycles. The Morgan fingerprint density at radius 2 is 2.00 bits per heavy atom. The second kappa shape index (κ2) is 8.57. The maximum atomic E-state index is 13.4. The van der Waals surface area contributed by atoms with E-state index < -0.39 is 29.1 Å². The van der Waals surface area contributed by atoms with E-state index in [-0.39, 0.29) is 18.9 Å². The SMILES string of the molecule is Cc1cc(NC(=O)C2(C(=O)OC(C)(C)C)CCN(C)C2N)ccc1N1CCOCC1=O. The van der Waals surface area contributed by atoms with Crippen molar-refractivity contribution in [3.05, 3.63) is 23.8 Å². The molecule has 170 valence electrons. The summed E-state index contributed by atoms with van der Waals surface area (Å²) in [5, 5.41) is 2.85. The molecular weight excluding hydrogens is 400 g/mol. The number of aryl methyl sites for hydroxylation is 1. The zero-order valence-corrected chi connectivity index (χ0v) is 18.9. The van der Waals surface area contributed by atoms with Gasteiger partial charge in [0.05, 0.1) is 12.8 Å². The smallest absolute Gasteiger partial charge is 0.325 e. The number of morpholine rings is 1. The monoisotopic (exact) mass is 432 g/mol. The first-order chi connectivity index (χ1) is 14.5. The van der Waals surface area contributed by atoms with E-state index in [1.54, 1.807) is 55.8 Å². The minimum atomic E-state index is -1.51. The van der Waals surface area contributed by atoms with E-state index in [0.29, 0.717) is 25.4 Å². The molecule has 0 spiro atoms. The number of nitrogens with zero attached hydrogens (tertiary/aromatic N) is 2. The van der Waals surface area contributed by atoms with E-state index in [1.807, 2.05) is 6.92 Å². The first-order valence-corrected chi connectivity index (χ1v) is 10.5. The molecule has 2 amide bonds. The summed E-state index contributed by atoms with van der Waals surface area (Å²) < 4.78 is 10.8. The van der Waals surface area contributed by atoms with Crippen LogP contribution in [-0.2, 0) is 23.9 Å². The second-order valence-corrected chi connectivity index (χ2v) is 9.20. The molecule has 2 aliphatic rings. The molecule has 0 saturated carbocycles. The summed E-state index contributed by atoms with van der Waals surface area (Å²) in [6.45, 7) is 8.67. The molecule has 2 saturated heterocycles. The number of nitrogens with two attached hydrogens (primary N) is 1.